The molecule has 0 aliphatic carbocycles. The lowest BCUT2D eigenvalue weighted by atomic mass is 10.00. The summed E-state index contributed by atoms with van der Waals surface area (Å²) in [5.41, 5.74) is 5.27. The highest BCUT2D eigenvalue weighted by molar-refractivity contribution is 7.85. The summed E-state index contributed by atoms with van der Waals surface area (Å²) in [5, 5.41) is 0. The standard InChI is InChI=1S/C19H21N5O7S/c1-32(26,27)30-9-19-8-29-13(14(19)28-7-11-5-3-2-4-6-11)17(31-19)24-10-21-12-15(24)22-18(20)23-16(12)25/h2-6,10,13-14,17H,7-9H2,1H3,(H3,20,22,23,25)/t13-,14+,17-,19+/m1/s1. The molecule has 170 valence electrons. The Labute approximate surface area is 182 Å². The van der Waals surface area contributed by atoms with Crippen LogP contribution in [0.5, 0.6) is 0 Å². The number of anilines is 1. The lowest BCUT2D eigenvalue weighted by Crippen LogP contribution is -2.46. The predicted octanol–water partition coefficient (Wildman–Crippen LogP) is -0.0702. The summed E-state index contributed by atoms with van der Waals surface area (Å²) in [5.74, 6) is -0.0691. The summed E-state index contributed by atoms with van der Waals surface area (Å²) in [7, 11) is -3.73. The smallest absolute Gasteiger partial charge is 0.280 e. The molecule has 12 nitrogen and oxygen atoms in total. The first-order valence-corrected chi connectivity index (χ1v) is 11.6. The van der Waals surface area contributed by atoms with Crippen LogP contribution < -0.4 is 11.3 Å². The second kappa shape index (κ2) is 7.64. The number of imidazole rings is 1. The summed E-state index contributed by atoms with van der Waals surface area (Å²) in [6.07, 6.45) is 0.311. The zero-order valence-electron chi connectivity index (χ0n) is 17.0. The Morgan fingerprint density at radius 3 is 2.88 bits per heavy atom. The third kappa shape index (κ3) is 3.67. The summed E-state index contributed by atoms with van der Waals surface area (Å²) < 4.78 is 48.3. The maximum atomic E-state index is 12.2. The summed E-state index contributed by atoms with van der Waals surface area (Å²) >= 11 is 0. The van der Waals surface area contributed by atoms with E-state index in [9.17, 15) is 13.2 Å². The molecule has 13 heteroatoms. The minimum atomic E-state index is -3.73. The number of ether oxygens (including phenoxy) is 3. The largest absolute Gasteiger partial charge is 0.369 e. The molecular formula is C19H21N5O7S. The van der Waals surface area contributed by atoms with Crippen molar-refractivity contribution < 1.29 is 26.8 Å². The van der Waals surface area contributed by atoms with Gasteiger partial charge in [0.05, 0.1) is 25.8 Å². The van der Waals surface area contributed by atoms with Gasteiger partial charge in [0.25, 0.3) is 15.7 Å². The van der Waals surface area contributed by atoms with Crippen LogP contribution in [0.1, 0.15) is 11.8 Å². The molecule has 1 aromatic carbocycles. The number of aromatic nitrogens is 4. The molecule has 2 saturated heterocycles. The molecule has 4 heterocycles. The molecule has 2 aromatic heterocycles. The number of nitrogen functional groups attached to an aromatic ring is 1. The Morgan fingerprint density at radius 1 is 1.34 bits per heavy atom. The average molecular weight is 463 g/mol. The molecule has 4 atom stereocenters. The lowest BCUT2D eigenvalue weighted by Gasteiger charge is -2.31. The van der Waals surface area contributed by atoms with E-state index in [4.69, 9.17) is 24.1 Å². The molecule has 0 saturated carbocycles. The van der Waals surface area contributed by atoms with E-state index < -0.39 is 39.7 Å². The third-order valence-corrected chi connectivity index (χ3v) is 6.03. The van der Waals surface area contributed by atoms with Crippen LogP contribution in [0.25, 0.3) is 11.2 Å². The SMILES string of the molecule is CS(=O)(=O)OC[C@]12CO[C@@H]([C@H](n3cnc4c(=O)[nH]c(N)nc43)O1)[C@@H]2OCc1ccccc1. The van der Waals surface area contributed by atoms with Crippen molar-refractivity contribution in [2.24, 2.45) is 0 Å². The van der Waals surface area contributed by atoms with Gasteiger partial charge in [-0.25, -0.2) is 4.98 Å². The fraction of sp³-hybridized carbons (Fsp3) is 0.421. The molecule has 0 spiro atoms. The fourth-order valence-electron chi connectivity index (χ4n) is 4.06. The molecule has 0 radical (unpaired) electrons. The monoisotopic (exact) mass is 463 g/mol. The molecule has 2 bridgehead atoms. The minimum absolute atomic E-state index is 0.0691. The number of hydrogen-bond acceptors (Lipinski definition) is 10. The van der Waals surface area contributed by atoms with Crippen molar-refractivity contribution >= 4 is 27.2 Å². The van der Waals surface area contributed by atoms with E-state index in [0.717, 1.165) is 11.8 Å². The Hall–Kier alpha value is -2.84. The van der Waals surface area contributed by atoms with Gasteiger partial charge in [0, 0.05) is 0 Å². The third-order valence-electron chi connectivity index (χ3n) is 5.49. The quantitative estimate of drug-likeness (QED) is 0.454. The molecule has 2 aliphatic rings. The topological polar surface area (TPSA) is 161 Å². The number of nitrogens with one attached hydrogen (secondary N) is 1. The summed E-state index contributed by atoms with van der Waals surface area (Å²) in [4.78, 5) is 22.8. The van der Waals surface area contributed by atoms with Crippen molar-refractivity contribution in [1.29, 1.82) is 0 Å². The Bertz CT molecular complexity index is 1310. The predicted molar refractivity (Wildman–Crippen MR) is 111 cm³/mol. The maximum absolute atomic E-state index is 12.2. The summed E-state index contributed by atoms with van der Waals surface area (Å²) in [6.45, 7) is 0.0462. The fourth-order valence-corrected chi connectivity index (χ4v) is 4.48. The summed E-state index contributed by atoms with van der Waals surface area (Å²) in [6, 6.07) is 9.52. The molecule has 0 amide bonds. The number of fused-ring (bicyclic) bond motifs is 3. The first-order chi connectivity index (χ1) is 15.3. The number of rotatable bonds is 7. The highest BCUT2D eigenvalue weighted by atomic mass is 32.2. The van der Waals surface area contributed by atoms with Gasteiger partial charge in [-0.2, -0.15) is 13.4 Å². The van der Waals surface area contributed by atoms with Gasteiger partial charge in [-0.1, -0.05) is 30.3 Å². The van der Waals surface area contributed by atoms with E-state index >= 15 is 0 Å². The van der Waals surface area contributed by atoms with Crippen LogP contribution in [-0.2, 0) is 35.1 Å². The van der Waals surface area contributed by atoms with Gasteiger partial charge in [-0.05, 0) is 5.56 Å². The first kappa shape index (κ1) is 21.0. The van der Waals surface area contributed by atoms with Crippen LogP contribution in [0.4, 0.5) is 5.95 Å². The van der Waals surface area contributed by atoms with E-state index in [2.05, 4.69) is 15.0 Å². The van der Waals surface area contributed by atoms with Gasteiger partial charge in [0.2, 0.25) is 5.95 Å². The molecule has 2 fully saturated rings. The van der Waals surface area contributed by atoms with Gasteiger partial charge >= 0.3 is 0 Å². The van der Waals surface area contributed by atoms with Crippen LogP contribution >= 0.6 is 0 Å². The van der Waals surface area contributed by atoms with Crippen molar-refractivity contribution in [3.8, 4) is 0 Å². The highest BCUT2D eigenvalue weighted by Gasteiger charge is 2.63. The Kier molecular flexibility index (Phi) is 5.02. The van der Waals surface area contributed by atoms with Crippen LogP contribution in [0.15, 0.2) is 41.5 Å². The molecule has 3 aromatic rings. The van der Waals surface area contributed by atoms with Gasteiger partial charge in [-0.3, -0.25) is 18.5 Å². The van der Waals surface area contributed by atoms with Crippen LogP contribution in [-0.4, -0.2) is 65.2 Å². The first-order valence-electron chi connectivity index (χ1n) is 9.77. The minimum Gasteiger partial charge on any atom is -0.369 e. The second-order valence-electron chi connectivity index (χ2n) is 7.81. The van der Waals surface area contributed by atoms with Gasteiger partial charge in [0.1, 0.15) is 24.4 Å². The lowest BCUT2D eigenvalue weighted by molar-refractivity contribution is -0.183. The van der Waals surface area contributed by atoms with Crippen molar-refractivity contribution in [1.82, 2.24) is 19.5 Å². The molecular weight excluding hydrogens is 442 g/mol. The Morgan fingerprint density at radius 2 is 2.12 bits per heavy atom. The number of nitrogens with zero attached hydrogens (tertiary/aromatic N) is 3. The van der Waals surface area contributed by atoms with E-state index in [-0.39, 0.29) is 36.9 Å². The van der Waals surface area contributed by atoms with Crippen molar-refractivity contribution in [3.63, 3.8) is 0 Å². The number of nitrogens with two attached hydrogens (primary N) is 1. The van der Waals surface area contributed by atoms with Crippen LogP contribution in [0.2, 0.25) is 0 Å². The number of benzene rings is 1. The molecule has 3 N–H and O–H groups in total. The van der Waals surface area contributed by atoms with Crippen molar-refractivity contribution in [2.75, 3.05) is 25.2 Å². The molecule has 32 heavy (non-hydrogen) atoms. The normalized spacial score (nSPS) is 27.3. The van der Waals surface area contributed by atoms with E-state index in [1.54, 1.807) is 0 Å². The number of aromatic amines is 1. The van der Waals surface area contributed by atoms with Crippen molar-refractivity contribution in [3.05, 3.63) is 52.6 Å². The van der Waals surface area contributed by atoms with Crippen LogP contribution in [0.3, 0.4) is 0 Å². The van der Waals surface area contributed by atoms with Crippen LogP contribution in [0, 0.1) is 0 Å². The van der Waals surface area contributed by atoms with Gasteiger partial charge in [0.15, 0.2) is 17.4 Å². The number of hydrogen-bond donors (Lipinski definition) is 2. The van der Waals surface area contributed by atoms with E-state index in [0.29, 0.717) is 0 Å². The molecule has 5 rings (SSSR count). The maximum Gasteiger partial charge on any atom is 0.280 e. The van der Waals surface area contributed by atoms with Gasteiger partial charge < -0.3 is 19.9 Å². The van der Waals surface area contributed by atoms with E-state index in [1.807, 2.05) is 30.3 Å². The zero-order valence-corrected chi connectivity index (χ0v) is 17.8. The van der Waals surface area contributed by atoms with E-state index in [1.165, 1.54) is 10.9 Å². The second-order valence-corrected chi connectivity index (χ2v) is 9.45. The molecule has 2 aliphatic heterocycles. The zero-order chi connectivity index (χ0) is 22.5. The Balaban J connectivity index is 1.49. The van der Waals surface area contributed by atoms with Crippen molar-refractivity contribution in [2.45, 2.75) is 30.6 Å². The van der Waals surface area contributed by atoms with Gasteiger partial charge in [-0.15, -0.1) is 0 Å². The average Bonchev–Trinajstić information content (AvgIpc) is 3.41. The number of H-pyrrole nitrogens is 1. The highest BCUT2D eigenvalue weighted by Crippen LogP contribution is 2.47. The molecule has 0 unspecified atom stereocenters.